The molecule has 0 unspecified atom stereocenters. The molecule has 5 nitrogen and oxygen atoms in total. The van der Waals surface area contributed by atoms with Gasteiger partial charge in [0.15, 0.2) is 0 Å². The summed E-state index contributed by atoms with van der Waals surface area (Å²) in [5.41, 5.74) is 5.89. The van der Waals surface area contributed by atoms with Crippen LogP contribution in [0.1, 0.15) is 29.7 Å². The summed E-state index contributed by atoms with van der Waals surface area (Å²) in [7, 11) is 0. The Morgan fingerprint density at radius 3 is 2.88 bits per heavy atom. The van der Waals surface area contributed by atoms with Gasteiger partial charge in [0.1, 0.15) is 11.0 Å². The number of anilines is 1. The summed E-state index contributed by atoms with van der Waals surface area (Å²) >= 11 is 1.15. The van der Waals surface area contributed by atoms with Gasteiger partial charge in [-0.2, -0.15) is 8.75 Å². The molecule has 0 fully saturated rings. The topological polar surface area (TPSA) is 66.9 Å². The molecule has 0 saturated heterocycles. The quantitative estimate of drug-likeness (QED) is 0.745. The van der Waals surface area contributed by atoms with Crippen molar-refractivity contribution in [1.82, 2.24) is 14.1 Å². The molecular weight excluding hydrogens is 320 g/mol. The van der Waals surface area contributed by atoms with Gasteiger partial charge < -0.3 is 10.6 Å². The molecule has 1 amide bonds. The van der Waals surface area contributed by atoms with E-state index in [1.165, 1.54) is 16.7 Å². The van der Waals surface area contributed by atoms with Crippen molar-refractivity contribution in [3.8, 4) is 0 Å². The Labute approximate surface area is 145 Å². The first-order chi connectivity index (χ1) is 11.5. The smallest absolute Gasteiger partial charge is 0.238 e. The number of hydrogen-bond donors (Lipinski definition) is 2. The van der Waals surface area contributed by atoms with E-state index in [-0.39, 0.29) is 18.5 Å². The van der Waals surface area contributed by atoms with Crippen molar-refractivity contribution in [2.45, 2.75) is 26.8 Å². The SMILES string of the molecule is Cc1ccc(C)c([C@@H](C)NCC(=O)Nc2cccc3nsnc23)c1. The van der Waals surface area contributed by atoms with Crippen molar-refractivity contribution in [3.05, 3.63) is 53.1 Å². The first kappa shape index (κ1) is 16.5. The van der Waals surface area contributed by atoms with Crippen LogP contribution in [-0.2, 0) is 4.79 Å². The van der Waals surface area contributed by atoms with Crippen LogP contribution in [0.3, 0.4) is 0 Å². The molecule has 0 aliphatic heterocycles. The maximum atomic E-state index is 12.2. The molecule has 2 aromatic carbocycles. The Morgan fingerprint density at radius 1 is 1.21 bits per heavy atom. The summed E-state index contributed by atoms with van der Waals surface area (Å²) < 4.78 is 8.41. The van der Waals surface area contributed by atoms with E-state index < -0.39 is 0 Å². The molecule has 3 rings (SSSR count). The fraction of sp³-hybridized carbons (Fsp3) is 0.278. The van der Waals surface area contributed by atoms with Crippen LogP contribution in [0.25, 0.3) is 11.0 Å². The van der Waals surface area contributed by atoms with Gasteiger partial charge in [-0.05, 0) is 44.0 Å². The highest BCUT2D eigenvalue weighted by Crippen LogP contribution is 2.21. The third-order valence-electron chi connectivity index (χ3n) is 4.03. The van der Waals surface area contributed by atoms with Gasteiger partial charge >= 0.3 is 0 Å². The lowest BCUT2D eigenvalue weighted by Gasteiger charge is -2.17. The minimum Gasteiger partial charge on any atom is -0.323 e. The van der Waals surface area contributed by atoms with E-state index in [0.29, 0.717) is 5.69 Å². The number of nitrogens with zero attached hydrogens (tertiary/aromatic N) is 2. The van der Waals surface area contributed by atoms with E-state index >= 15 is 0 Å². The number of aromatic nitrogens is 2. The van der Waals surface area contributed by atoms with Crippen LogP contribution in [0.4, 0.5) is 5.69 Å². The van der Waals surface area contributed by atoms with Crippen LogP contribution in [0.5, 0.6) is 0 Å². The number of aryl methyl sites for hydroxylation is 2. The number of amides is 1. The lowest BCUT2D eigenvalue weighted by Crippen LogP contribution is -2.30. The Bertz CT molecular complexity index is 874. The second-order valence-corrected chi connectivity index (χ2v) is 6.48. The predicted molar refractivity (Wildman–Crippen MR) is 98.4 cm³/mol. The monoisotopic (exact) mass is 340 g/mol. The van der Waals surface area contributed by atoms with Crippen LogP contribution in [0, 0.1) is 13.8 Å². The normalized spacial score (nSPS) is 12.3. The largest absolute Gasteiger partial charge is 0.323 e. The molecule has 1 atom stereocenters. The van der Waals surface area contributed by atoms with Gasteiger partial charge in [-0.3, -0.25) is 4.79 Å². The molecule has 24 heavy (non-hydrogen) atoms. The van der Waals surface area contributed by atoms with Crippen LogP contribution in [-0.4, -0.2) is 21.2 Å². The first-order valence-electron chi connectivity index (χ1n) is 7.86. The zero-order valence-electron chi connectivity index (χ0n) is 14.0. The maximum absolute atomic E-state index is 12.2. The minimum atomic E-state index is -0.0901. The highest BCUT2D eigenvalue weighted by molar-refractivity contribution is 7.00. The molecule has 0 aliphatic carbocycles. The number of benzene rings is 2. The highest BCUT2D eigenvalue weighted by atomic mass is 32.1. The van der Waals surface area contributed by atoms with Gasteiger partial charge in [0.2, 0.25) is 5.91 Å². The van der Waals surface area contributed by atoms with Crippen LogP contribution >= 0.6 is 11.7 Å². The molecule has 1 heterocycles. The Balaban J connectivity index is 1.63. The van der Waals surface area contributed by atoms with Gasteiger partial charge in [-0.15, -0.1) is 0 Å². The predicted octanol–water partition coefficient (Wildman–Crippen LogP) is 3.60. The van der Waals surface area contributed by atoms with E-state index in [0.717, 1.165) is 22.8 Å². The van der Waals surface area contributed by atoms with Gasteiger partial charge in [-0.25, -0.2) is 0 Å². The third-order valence-corrected chi connectivity index (χ3v) is 4.57. The summed E-state index contributed by atoms with van der Waals surface area (Å²) in [5.74, 6) is -0.0901. The average Bonchev–Trinajstić information content (AvgIpc) is 3.04. The fourth-order valence-electron chi connectivity index (χ4n) is 2.68. The van der Waals surface area contributed by atoms with Crippen molar-refractivity contribution in [1.29, 1.82) is 0 Å². The minimum absolute atomic E-state index is 0.0901. The number of nitrogens with one attached hydrogen (secondary N) is 2. The van der Waals surface area contributed by atoms with Gasteiger partial charge in [0.05, 0.1) is 24.0 Å². The van der Waals surface area contributed by atoms with E-state index in [1.54, 1.807) is 0 Å². The van der Waals surface area contributed by atoms with Gasteiger partial charge in [0, 0.05) is 6.04 Å². The van der Waals surface area contributed by atoms with E-state index in [2.05, 4.69) is 58.4 Å². The number of carbonyl (C=O) groups excluding carboxylic acids is 1. The molecule has 0 radical (unpaired) electrons. The number of hydrogen-bond acceptors (Lipinski definition) is 5. The zero-order valence-corrected chi connectivity index (χ0v) is 14.8. The molecule has 2 N–H and O–H groups in total. The van der Waals surface area contributed by atoms with Crippen molar-refractivity contribution >= 4 is 34.4 Å². The number of carbonyl (C=O) groups is 1. The zero-order chi connectivity index (χ0) is 17.1. The second kappa shape index (κ2) is 7.07. The Kier molecular flexibility index (Phi) is 4.87. The average molecular weight is 340 g/mol. The lowest BCUT2D eigenvalue weighted by molar-refractivity contribution is -0.115. The summed E-state index contributed by atoms with van der Waals surface area (Å²) in [6, 6.07) is 12.1. The molecule has 3 aromatic rings. The van der Waals surface area contributed by atoms with Crippen molar-refractivity contribution in [2.75, 3.05) is 11.9 Å². The van der Waals surface area contributed by atoms with Crippen molar-refractivity contribution in [3.63, 3.8) is 0 Å². The van der Waals surface area contributed by atoms with Gasteiger partial charge in [-0.1, -0.05) is 29.8 Å². The molecule has 0 aliphatic rings. The van der Waals surface area contributed by atoms with Crippen molar-refractivity contribution < 1.29 is 4.79 Å². The van der Waals surface area contributed by atoms with Crippen LogP contribution in [0.15, 0.2) is 36.4 Å². The second-order valence-electron chi connectivity index (χ2n) is 5.95. The summed E-state index contributed by atoms with van der Waals surface area (Å²) in [6.07, 6.45) is 0. The van der Waals surface area contributed by atoms with Gasteiger partial charge in [0.25, 0.3) is 0 Å². The number of rotatable bonds is 5. The molecule has 124 valence electrons. The molecule has 6 heteroatoms. The molecular formula is C18H20N4OS. The summed E-state index contributed by atoms with van der Waals surface area (Å²) in [6.45, 7) is 6.47. The highest BCUT2D eigenvalue weighted by Gasteiger charge is 2.12. The third kappa shape index (κ3) is 3.60. The van der Waals surface area contributed by atoms with Crippen LogP contribution < -0.4 is 10.6 Å². The van der Waals surface area contributed by atoms with E-state index in [4.69, 9.17) is 0 Å². The summed E-state index contributed by atoms with van der Waals surface area (Å²) in [5, 5.41) is 6.19. The Morgan fingerprint density at radius 2 is 2.04 bits per heavy atom. The molecule has 0 bridgehead atoms. The Hall–Kier alpha value is -2.31. The lowest BCUT2D eigenvalue weighted by atomic mass is 10.00. The summed E-state index contributed by atoms with van der Waals surface area (Å²) in [4.78, 5) is 12.2. The van der Waals surface area contributed by atoms with Crippen LogP contribution in [0.2, 0.25) is 0 Å². The number of fused-ring (bicyclic) bond motifs is 1. The molecule has 0 saturated carbocycles. The standard InChI is InChI=1S/C18H20N4OS/c1-11-7-8-12(2)14(9-11)13(3)19-10-17(23)20-15-5-4-6-16-18(15)22-24-21-16/h4-9,13,19H,10H2,1-3H3,(H,20,23)/t13-/m1/s1. The molecule has 1 aromatic heterocycles. The van der Waals surface area contributed by atoms with Crippen molar-refractivity contribution in [2.24, 2.45) is 0 Å². The fourth-order valence-corrected chi connectivity index (χ4v) is 3.23. The molecule has 0 spiro atoms. The first-order valence-corrected chi connectivity index (χ1v) is 8.59. The van der Waals surface area contributed by atoms with E-state index in [9.17, 15) is 4.79 Å². The van der Waals surface area contributed by atoms with E-state index in [1.807, 2.05) is 18.2 Å². The maximum Gasteiger partial charge on any atom is 0.238 e.